The maximum absolute atomic E-state index is 4.80. The van der Waals surface area contributed by atoms with Gasteiger partial charge in [-0.2, -0.15) is 4.98 Å². The van der Waals surface area contributed by atoms with E-state index in [0.717, 1.165) is 48.4 Å². The number of fused-ring (bicyclic) bond motifs is 5. The van der Waals surface area contributed by atoms with Crippen molar-refractivity contribution >= 4 is 28.5 Å². The van der Waals surface area contributed by atoms with Crippen LogP contribution in [0.2, 0.25) is 0 Å². The monoisotopic (exact) mass is 487 g/mol. The van der Waals surface area contributed by atoms with Gasteiger partial charge in [-0.3, -0.25) is 4.99 Å². The molecule has 0 saturated carbocycles. The van der Waals surface area contributed by atoms with Crippen molar-refractivity contribution < 1.29 is 4.74 Å². The summed E-state index contributed by atoms with van der Waals surface area (Å²) in [6.45, 7) is 5.87. The summed E-state index contributed by atoms with van der Waals surface area (Å²) >= 11 is 0. The molecule has 1 aliphatic heterocycles. The number of hydrogen-bond acceptors (Lipinski definition) is 5. The molecule has 1 aliphatic rings. The maximum Gasteiger partial charge on any atom is 0.225 e. The van der Waals surface area contributed by atoms with E-state index in [-0.39, 0.29) is 0 Å². The maximum atomic E-state index is 4.80. The molecular formula is C30H41N5O. The van der Waals surface area contributed by atoms with Gasteiger partial charge in [-0.25, -0.2) is 4.98 Å². The van der Waals surface area contributed by atoms with Crippen LogP contribution in [0.3, 0.4) is 0 Å². The average molecular weight is 488 g/mol. The predicted molar refractivity (Wildman–Crippen MR) is 153 cm³/mol. The molecule has 0 radical (unpaired) electrons. The number of allylic oxidation sites excluding steroid dienone is 1. The van der Waals surface area contributed by atoms with Gasteiger partial charge in [0, 0.05) is 32.7 Å². The lowest BCUT2D eigenvalue weighted by Crippen LogP contribution is -2.13. The van der Waals surface area contributed by atoms with Crippen molar-refractivity contribution in [3.8, 4) is 0 Å². The Balaban J connectivity index is 0.000000658. The van der Waals surface area contributed by atoms with Crippen molar-refractivity contribution in [3.05, 3.63) is 71.3 Å². The van der Waals surface area contributed by atoms with Crippen LogP contribution in [0, 0.1) is 0 Å². The fourth-order valence-corrected chi connectivity index (χ4v) is 4.26. The average Bonchev–Trinajstić information content (AvgIpc) is 2.90. The van der Waals surface area contributed by atoms with Crippen LogP contribution in [0.1, 0.15) is 63.5 Å². The molecule has 192 valence electrons. The van der Waals surface area contributed by atoms with Crippen molar-refractivity contribution in [2.45, 2.75) is 65.3 Å². The molecule has 4 rings (SSSR count). The third-order valence-corrected chi connectivity index (χ3v) is 6.20. The molecule has 1 aromatic heterocycles. The van der Waals surface area contributed by atoms with E-state index in [4.69, 9.17) is 14.7 Å². The first kappa shape index (κ1) is 27.3. The summed E-state index contributed by atoms with van der Waals surface area (Å²) < 4.78 is 4.69. The summed E-state index contributed by atoms with van der Waals surface area (Å²) in [6.07, 6.45) is 10.4. The number of nitrogens with zero attached hydrogens (tertiary/aromatic N) is 3. The van der Waals surface area contributed by atoms with Gasteiger partial charge in [0.05, 0.1) is 5.52 Å². The van der Waals surface area contributed by atoms with Crippen molar-refractivity contribution in [1.29, 1.82) is 0 Å². The van der Waals surface area contributed by atoms with Crippen molar-refractivity contribution in [2.24, 2.45) is 4.99 Å². The predicted octanol–water partition coefficient (Wildman–Crippen LogP) is 7.18. The minimum Gasteiger partial charge on any atom is -0.385 e. The first-order valence-corrected chi connectivity index (χ1v) is 13.1. The molecule has 0 amide bonds. The Bertz CT molecular complexity index is 1150. The Hall–Kier alpha value is -3.25. The van der Waals surface area contributed by atoms with Crippen molar-refractivity contribution in [2.75, 3.05) is 31.4 Å². The zero-order chi connectivity index (χ0) is 25.6. The molecular weight excluding hydrogens is 446 g/mol. The highest BCUT2D eigenvalue weighted by Gasteiger charge is 2.10. The van der Waals surface area contributed by atoms with E-state index < -0.39 is 0 Å². The number of hydrogen-bond donors (Lipinski definition) is 2. The van der Waals surface area contributed by atoms with E-state index in [1.807, 2.05) is 31.3 Å². The van der Waals surface area contributed by atoms with Gasteiger partial charge in [0.15, 0.2) is 0 Å². The van der Waals surface area contributed by atoms with Crippen LogP contribution in [0.5, 0.6) is 0 Å². The van der Waals surface area contributed by atoms with Crippen LogP contribution >= 0.6 is 0 Å². The molecule has 2 heterocycles. The molecule has 6 heteroatoms. The first-order chi connectivity index (χ1) is 17.6. The second-order valence-electron chi connectivity index (χ2n) is 9.17. The summed E-state index contributed by atoms with van der Waals surface area (Å²) in [6, 6.07) is 16.8. The fourth-order valence-electron chi connectivity index (χ4n) is 4.26. The van der Waals surface area contributed by atoms with Crippen molar-refractivity contribution in [3.63, 3.8) is 0 Å². The second-order valence-corrected chi connectivity index (χ2v) is 9.17. The van der Waals surface area contributed by atoms with E-state index in [9.17, 15) is 0 Å². The Morgan fingerprint density at radius 3 is 2.36 bits per heavy atom. The van der Waals surface area contributed by atoms with E-state index in [0.29, 0.717) is 12.5 Å². The number of aromatic nitrogens is 2. The third-order valence-electron chi connectivity index (χ3n) is 6.20. The lowest BCUT2D eigenvalue weighted by atomic mass is 10.00. The smallest absolute Gasteiger partial charge is 0.225 e. The van der Waals surface area contributed by atoms with Crippen LogP contribution in [0.4, 0.5) is 11.8 Å². The van der Waals surface area contributed by atoms with E-state index in [2.05, 4.69) is 59.8 Å². The Morgan fingerprint density at radius 2 is 1.64 bits per heavy atom. The van der Waals surface area contributed by atoms with Gasteiger partial charge in [0.25, 0.3) is 0 Å². The topological polar surface area (TPSA) is 71.4 Å². The molecule has 0 aliphatic carbocycles. The van der Waals surface area contributed by atoms with Crippen LogP contribution in [0.25, 0.3) is 10.9 Å². The van der Waals surface area contributed by atoms with Gasteiger partial charge in [-0.05, 0) is 68.4 Å². The molecule has 6 nitrogen and oxygen atoms in total. The van der Waals surface area contributed by atoms with Gasteiger partial charge >= 0.3 is 0 Å². The van der Waals surface area contributed by atoms with Gasteiger partial charge in [0.2, 0.25) is 5.95 Å². The first-order valence-electron chi connectivity index (χ1n) is 13.1. The molecule has 2 bridgehead atoms. The fraction of sp³-hybridized carbons (Fsp3) is 0.433. The highest BCUT2D eigenvalue weighted by Crippen LogP contribution is 2.23. The Kier molecular flexibility index (Phi) is 11.4. The lowest BCUT2D eigenvalue weighted by Gasteiger charge is -2.13. The van der Waals surface area contributed by atoms with E-state index >= 15 is 0 Å². The van der Waals surface area contributed by atoms with Gasteiger partial charge in [-0.15, -0.1) is 0 Å². The Labute approximate surface area is 216 Å². The van der Waals surface area contributed by atoms with E-state index in [1.54, 1.807) is 7.11 Å². The summed E-state index contributed by atoms with van der Waals surface area (Å²) in [5.41, 5.74) is 4.96. The summed E-state index contributed by atoms with van der Waals surface area (Å²) in [7, 11) is 3.53. The molecule has 2 N–H and O–H groups in total. The van der Waals surface area contributed by atoms with Crippen LogP contribution in [-0.4, -0.2) is 36.6 Å². The summed E-state index contributed by atoms with van der Waals surface area (Å²) in [5, 5.41) is 7.87. The summed E-state index contributed by atoms with van der Waals surface area (Å²) in [4.78, 5) is 14.0. The second kappa shape index (κ2) is 15.0. The molecule has 0 spiro atoms. The summed E-state index contributed by atoms with van der Waals surface area (Å²) in [5.74, 6) is 2.22. The molecule has 0 saturated heterocycles. The minimum atomic E-state index is 0.622. The molecule has 0 fully saturated rings. The van der Waals surface area contributed by atoms with Crippen LogP contribution < -0.4 is 10.6 Å². The zero-order valence-corrected chi connectivity index (χ0v) is 22.3. The number of rotatable bonds is 2. The molecule has 3 aromatic rings. The van der Waals surface area contributed by atoms with Crippen molar-refractivity contribution in [1.82, 2.24) is 9.97 Å². The quantitative estimate of drug-likeness (QED) is 0.401. The molecule has 2 aromatic carbocycles. The van der Waals surface area contributed by atoms with Crippen LogP contribution in [0.15, 0.2) is 65.2 Å². The highest BCUT2D eigenvalue weighted by atomic mass is 16.5. The number of aliphatic imine (C=N–C) groups is 1. The molecule has 0 unspecified atom stereocenters. The number of methoxy groups -OCH3 is 1. The normalized spacial score (nSPS) is 17.4. The van der Waals surface area contributed by atoms with Gasteiger partial charge < -0.3 is 15.4 Å². The van der Waals surface area contributed by atoms with Gasteiger partial charge in [0.1, 0.15) is 11.7 Å². The SMILES string of the molecule is CCCOC.CN=C1/C=C(\C)CCCCCCc2ccccc2CNc2nc(c3ccccc3n2)N1. The minimum absolute atomic E-state index is 0.622. The number of para-hydroxylation sites is 1. The standard InChI is InChI=1S/C26H31N5.C4H10O/c1-19-11-5-3-4-6-12-20-13-7-8-14-21(20)18-28-26-29-23-16-10-9-15-22(23)25(31-26)30-24(17-19)27-2;1-3-4-5-2/h7-10,13-17H,3-6,11-12,18H2,1-2H3,(H2,27,28,29,30,31);3-4H2,1-2H3/b19-17+;. The number of aryl methyl sites for hydroxylation is 1. The third kappa shape index (κ3) is 8.45. The number of amidine groups is 1. The number of benzene rings is 2. The Morgan fingerprint density at radius 1 is 0.917 bits per heavy atom. The van der Waals surface area contributed by atoms with E-state index in [1.165, 1.54) is 42.4 Å². The zero-order valence-electron chi connectivity index (χ0n) is 22.3. The lowest BCUT2D eigenvalue weighted by molar-refractivity contribution is 0.199. The highest BCUT2D eigenvalue weighted by molar-refractivity contribution is 6.07. The largest absolute Gasteiger partial charge is 0.385 e. The number of ether oxygens (including phenoxy) is 1. The molecule has 0 atom stereocenters. The number of anilines is 2. The molecule has 36 heavy (non-hydrogen) atoms. The number of nitrogens with one attached hydrogen (secondary N) is 2. The van der Waals surface area contributed by atoms with Crippen LogP contribution in [-0.2, 0) is 17.7 Å². The van der Waals surface area contributed by atoms with Gasteiger partial charge in [-0.1, -0.05) is 61.7 Å².